The third-order valence-corrected chi connectivity index (χ3v) is 9.82. The van der Waals surface area contributed by atoms with Crippen LogP contribution in [0.1, 0.15) is 72.9 Å². The molecule has 3 heterocycles. The highest BCUT2D eigenvalue weighted by atomic mass is 35.5. The number of anilines is 1. The number of aryl methyl sites for hydroxylation is 1. The van der Waals surface area contributed by atoms with Crippen molar-refractivity contribution in [3.63, 3.8) is 0 Å². The molecule has 4 atom stereocenters. The summed E-state index contributed by atoms with van der Waals surface area (Å²) in [7, 11) is 0. The van der Waals surface area contributed by atoms with E-state index in [0.29, 0.717) is 24.0 Å². The van der Waals surface area contributed by atoms with Gasteiger partial charge >= 0.3 is 0 Å². The van der Waals surface area contributed by atoms with Crippen molar-refractivity contribution in [3.05, 3.63) is 69.8 Å². The minimum atomic E-state index is -0.0186. The molecule has 0 spiro atoms. The number of carbonyl (C=O) groups excluding carboxylic acids is 1. The zero-order valence-electron chi connectivity index (χ0n) is 21.7. The van der Waals surface area contributed by atoms with Crippen molar-refractivity contribution in [2.24, 2.45) is 17.8 Å². The number of benzene rings is 2. The summed E-state index contributed by atoms with van der Waals surface area (Å²) in [5.41, 5.74) is 6.10. The molecule has 37 heavy (non-hydrogen) atoms. The summed E-state index contributed by atoms with van der Waals surface area (Å²) in [5.74, 6) is 4.23. The summed E-state index contributed by atoms with van der Waals surface area (Å²) in [6.45, 7) is 4.76. The number of nitrogens with zero attached hydrogens (tertiary/aromatic N) is 1. The smallest absolute Gasteiger partial charge is 0.261 e. The van der Waals surface area contributed by atoms with Crippen LogP contribution >= 0.6 is 23.5 Å². The molecular weight excluding hydrogens is 500 g/mol. The van der Waals surface area contributed by atoms with Gasteiger partial charge in [0.05, 0.1) is 12.3 Å². The van der Waals surface area contributed by atoms with E-state index in [0.717, 1.165) is 60.5 Å². The molecule has 0 aromatic heterocycles. The number of ether oxygens (including phenoxy) is 1. The summed E-state index contributed by atoms with van der Waals surface area (Å²) >= 11 is 7.93. The van der Waals surface area contributed by atoms with Crippen LogP contribution in [0.5, 0.6) is 5.75 Å². The van der Waals surface area contributed by atoms with Gasteiger partial charge in [-0.1, -0.05) is 54.6 Å². The molecule has 2 aromatic rings. The Morgan fingerprint density at radius 2 is 1.95 bits per heavy atom. The molecule has 3 aliphatic heterocycles. The van der Waals surface area contributed by atoms with Crippen LogP contribution in [0.3, 0.4) is 0 Å². The maximum Gasteiger partial charge on any atom is 0.261 e. The first-order chi connectivity index (χ1) is 18.1. The van der Waals surface area contributed by atoms with Crippen molar-refractivity contribution in [2.75, 3.05) is 30.3 Å². The maximum absolute atomic E-state index is 13.0. The van der Waals surface area contributed by atoms with Crippen molar-refractivity contribution in [1.29, 1.82) is 0 Å². The number of allylic oxidation sites excluding steroid dienone is 2. The predicted molar refractivity (Wildman–Crippen MR) is 154 cm³/mol. The van der Waals surface area contributed by atoms with Crippen LogP contribution in [0.15, 0.2) is 48.0 Å². The topological polar surface area (TPSA) is 41.6 Å². The lowest BCUT2D eigenvalue weighted by molar-refractivity contribution is 0.0984. The summed E-state index contributed by atoms with van der Waals surface area (Å²) in [6, 6.07) is 12.3. The van der Waals surface area contributed by atoms with Gasteiger partial charge in [0.15, 0.2) is 0 Å². The van der Waals surface area contributed by atoms with Gasteiger partial charge < -0.3 is 9.64 Å². The largest absolute Gasteiger partial charge is 0.491 e. The van der Waals surface area contributed by atoms with Crippen molar-refractivity contribution in [2.45, 2.75) is 57.8 Å². The molecule has 0 radical (unpaired) electrons. The SMILES string of the molecule is CCCc1cc(Cl)ccc1C1COc2ccc3cc2N(C1)CC1CCC1CC1=CC(CCSNC3=O)C1. The van der Waals surface area contributed by atoms with Gasteiger partial charge in [0.2, 0.25) is 0 Å². The molecule has 1 N–H and O–H groups in total. The first-order valence-corrected chi connectivity index (χ1v) is 15.4. The van der Waals surface area contributed by atoms with Crippen LogP contribution in [0.2, 0.25) is 5.02 Å². The highest BCUT2D eigenvalue weighted by Crippen LogP contribution is 2.45. The summed E-state index contributed by atoms with van der Waals surface area (Å²) < 4.78 is 9.53. The number of nitrogens with one attached hydrogen (secondary N) is 1. The Labute approximate surface area is 230 Å². The van der Waals surface area contributed by atoms with Crippen LogP contribution in [-0.2, 0) is 6.42 Å². The molecule has 0 saturated heterocycles. The van der Waals surface area contributed by atoms with Crippen LogP contribution in [0.4, 0.5) is 5.69 Å². The minimum absolute atomic E-state index is 0.0186. The predicted octanol–water partition coefficient (Wildman–Crippen LogP) is 7.42. The number of fused-ring (bicyclic) bond motifs is 4. The first kappa shape index (κ1) is 25.2. The van der Waals surface area contributed by atoms with E-state index >= 15 is 0 Å². The second-order valence-electron chi connectivity index (χ2n) is 11.3. The number of rotatable bonds is 3. The van der Waals surface area contributed by atoms with Crippen LogP contribution < -0.4 is 14.4 Å². The zero-order valence-corrected chi connectivity index (χ0v) is 23.3. The van der Waals surface area contributed by atoms with Crippen LogP contribution in [-0.4, -0.2) is 31.4 Å². The Morgan fingerprint density at radius 3 is 2.76 bits per heavy atom. The monoisotopic (exact) mass is 536 g/mol. The van der Waals surface area contributed by atoms with Gasteiger partial charge in [-0.25, -0.2) is 0 Å². The van der Waals surface area contributed by atoms with E-state index in [1.54, 1.807) is 5.57 Å². The molecule has 4 bridgehead atoms. The average Bonchev–Trinajstić information content (AvgIpc) is 3.03. The Bertz CT molecular complexity index is 1200. The van der Waals surface area contributed by atoms with E-state index in [2.05, 4.69) is 40.8 Å². The summed E-state index contributed by atoms with van der Waals surface area (Å²) in [4.78, 5) is 15.5. The van der Waals surface area contributed by atoms with Gasteiger partial charge in [-0.3, -0.25) is 9.52 Å². The first-order valence-electron chi connectivity index (χ1n) is 14.0. The molecule has 5 aliphatic rings. The fourth-order valence-electron chi connectivity index (χ4n) is 6.58. The molecule has 6 heteroatoms. The molecule has 2 aliphatic carbocycles. The number of carbonyl (C=O) groups is 1. The molecule has 1 fully saturated rings. The van der Waals surface area contributed by atoms with E-state index in [1.807, 2.05) is 18.2 Å². The second kappa shape index (κ2) is 10.9. The maximum atomic E-state index is 13.0. The zero-order chi connectivity index (χ0) is 25.4. The normalized spacial score (nSPS) is 27.5. The number of hydrogen-bond acceptors (Lipinski definition) is 4. The lowest BCUT2D eigenvalue weighted by Crippen LogP contribution is -2.40. The molecule has 2 aromatic carbocycles. The molecule has 196 valence electrons. The number of amides is 1. The van der Waals surface area contributed by atoms with Gasteiger partial charge in [0, 0.05) is 35.3 Å². The third-order valence-electron chi connectivity index (χ3n) is 8.81. The molecule has 4 unspecified atom stereocenters. The standard InChI is InChI=1S/C31H37ClN2O2S/c1-2-3-23-15-27(32)7-8-28(23)26-18-34-17-25-5-4-22(25)14-21-12-20(13-21)10-11-37-33-31(35)24-6-9-30(36-19-26)29(34)16-24/h6-9,12,15-16,20,22,25-26H,2-5,10-11,13-14,17-19H2,1H3,(H,33,35). The highest BCUT2D eigenvalue weighted by molar-refractivity contribution is 7.97. The Kier molecular flexibility index (Phi) is 7.45. The fourth-order valence-corrected chi connectivity index (χ4v) is 7.55. The van der Waals surface area contributed by atoms with Crippen molar-refractivity contribution < 1.29 is 9.53 Å². The van der Waals surface area contributed by atoms with Crippen LogP contribution in [0.25, 0.3) is 0 Å². The van der Waals surface area contributed by atoms with E-state index in [4.69, 9.17) is 16.3 Å². The van der Waals surface area contributed by atoms with Gasteiger partial charge in [-0.2, -0.15) is 0 Å². The van der Waals surface area contributed by atoms with E-state index in [-0.39, 0.29) is 11.8 Å². The van der Waals surface area contributed by atoms with E-state index < -0.39 is 0 Å². The molecule has 1 saturated carbocycles. The summed E-state index contributed by atoms with van der Waals surface area (Å²) in [6.07, 6.45) is 10.9. The van der Waals surface area contributed by atoms with Crippen molar-refractivity contribution >= 4 is 35.1 Å². The Balaban J connectivity index is 1.33. The van der Waals surface area contributed by atoms with E-state index in [1.165, 1.54) is 48.8 Å². The van der Waals surface area contributed by atoms with Crippen LogP contribution in [0, 0.1) is 17.8 Å². The third kappa shape index (κ3) is 5.40. The highest BCUT2D eigenvalue weighted by Gasteiger charge is 2.36. The minimum Gasteiger partial charge on any atom is -0.491 e. The van der Waals surface area contributed by atoms with Gasteiger partial charge in [0.1, 0.15) is 5.75 Å². The lowest BCUT2D eigenvalue weighted by Gasteiger charge is -2.43. The van der Waals surface area contributed by atoms with Gasteiger partial charge in [-0.15, -0.1) is 0 Å². The summed E-state index contributed by atoms with van der Waals surface area (Å²) in [5, 5.41) is 0.799. The molecule has 4 nitrogen and oxygen atoms in total. The lowest BCUT2D eigenvalue weighted by atomic mass is 9.67. The quantitative estimate of drug-likeness (QED) is 0.327. The van der Waals surface area contributed by atoms with Gasteiger partial charge in [-0.05, 0) is 97.7 Å². The molecular formula is C31H37ClN2O2S. The van der Waals surface area contributed by atoms with Crippen molar-refractivity contribution in [3.8, 4) is 5.75 Å². The van der Waals surface area contributed by atoms with E-state index in [9.17, 15) is 4.79 Å². The number of hydrogen-bond donors (Lipinski definition) is 1. The molecule has 1 amide bonds. The molecule has 7 rings (SSSR count). The Hall–Kier alpha value is -2.11. The fraction of sp³-hybridized carbons (Fsp3) is 0.516. The Morgan fingerprint density at radius 1 is 1.08 bits per heavy atom. The second-order valence-corrected chi connectivity index (χ2v) is 12.7. The van der Waals surface area contributed by atoms with Gasteiger partial charge in [0.25, 0.3) is 5.91 Å². The van der Waals surface area contributed by atoms with Crippen molar-refractivity contribution in [1.82, 2.24) is 4.72 Å². The number of halogens is 1. The average molecular weight is 537 g/mol.